The van der Waals surface area contributed by atoms with Gasteiger partial charge in [-0.3, -0.25) is 9.69 Å². The summed E-state index contributed by atoms with van der Waals surface area (Å²) in [4.78, 5) is 13.3. The van der Waals surface area contributed by atoms with E-state index >= 15 is 0 Å². The van der Waals surface area contributed by atoms with Crippen LogP contribution in [0.5, 0.6) is 0 Å². The van der Waals surface area contributed by atoms with Crippen LogP contribution < -0.4 is 5.32 Å². The van der Waals surface area contributed by atoms with Crippen LogP contribution in [-0.4, -0.2) is 35.6 Å². The predicted molar refractivity (Wildman–Crippen MR) is 98.9 cm³/mol. The average molecular weight is 417 g/mol. The zero-order valence-corrected chi connectivity index (χ0v) is 15.8. The van der Waals surface area contributed by atoms with Gasteiger partial charge in [0.1, 0.15) is 0 Å². The molecule has 1 N–H and O–H groups in total. The van der Waals surface area contributed by atoms with Crippen LogP contribution in [0.1, 0.15) is 24.1 Å². The van der Waals surface area contributed by atoms with Crippen molar-refractivity contribution in [1.82, 2.24) is 10.2 Å². The molecule has 0 aliphatic carbocycles. The summed E-state index contributed by atoms with van der Waals surface area (Å²) in [7, 11) is 0. The van der Waals surface area contributed by atoms with Crippen LogP contribution in [0.2, 0.25) is 10.0 Å². The number of nitrogens with one attached hydrogen (secondary N) is 1. The number of hydrogen-bond acceptors (Lipinski definition) is 2. The lowest BCUT2D eigenvalue weighted by atomic mass is 9.88. The average Bonchev–Trinajstić information content (AvgIpc) is 2.62. The Balaban J connectivity index is 1.83. The third kappa shape index (κ3) is 4.39. The van der Waals surface area contributed by atoms with Crippen molar-refractivity contribution in [2.45, 2.75) is 31.2 Å². The van der Waals surface area contributed by atoms with Crippen molar-refractivity contribution in [3.8, 4) is 0 Å². The molecule has 1 saturated heterocycles. The fourth-order valence-corrected chi connectivity index (χ4v) is 3.51. The van der Waals surface area contributed by atoms with Crippen molar-refractivity contribution in [2.75, 3.05) is 6.54 Å². The van der Waals surface area contributed by atoms with Crippen molar-refractivity contribution in [3.63, 3.8) is 0 Å². The lowest BCUT2D eigenvalue weighted by Gasteiger charge is -2.51. The molecule has 0 bridgehead atoms. The first-order chi connectivity index (χ1) is 12.7. The molecule has 0 spiro atoms. The van der Waals surface area contributed by atoms with Crippen molar-refractivity contribution in [3.05, 3.63) is 69.7 Å². The molecule has 0 saturated carbocycles. The summed E-state index contributed by atoms with van der Waals surface area (Å²) in [6.45, 7) is 2.10. The second-order valence-corrected chi connectivity index (χ2v) is 7.39. The molecular formula is C19H17Cl2F3N2O. The van der Waals surface area contributed by atoms with E-state index in [4.69, 9.17) is 23.2 Å². The summed E-state index contributed by atoms with van der Waals surface area (Å²) in [5.41, 5.74) is 1.91. The third-order valence-electron chi connectivity index (χ3n) is 4.79. The molecule has 1 amide bonds. The zero-order valence-electron chi connectivity index (χ0n) is 14.3. The Hall–Kier alpha value is -1.76. The van der Waals surface area contributed by atoms with E-state index in [1.165, 1.54) is 0 Å². The van der Waals surface area contributed by atoms with E-state index in [-0.39, 0.29) is 12.1 Å². The normalized spacial score (nSPS) is 20.4. The van der Waals surface area contributed by atoms with Gasteiger partial charge in [0.05, 0.1) is 12.1 Å². The summed E-state index contributed by atoms with van der Waals surface area (Å²) in [6, 6.07) is 13.6. The molecule has 1 heterocycles. The van der Waals surface area contributed by atoms with Crippen LogP contribution in [0.3, 0.4) is 0 Å². The molecule has 1 fully saturated rings. The zero-order chi connectivity index (χ0) is 19.8. The molecule has 0 radical (unpaired) electrons. The quantitative estimate of drug-likeness (QED) is 0.773. The van der Waals surface area contributed by atoms with Gasteiger partial charge in [-0.05, 0) is 42.3 Å². The van der Waals surface area contributed by atoms with E-state index < -0.39 is 18.1 Å². The largest absolute Gasteiger partial charge is 0.471 e. The minimum absolute atomic E-state index is 0.187. The first-order valence-electron chi connectivity index (χ1n) is 8.31. The highest BCUT2D eigenvalue weighted by Crippen LogP contribution is 2.37. The lowest BCUT2D eigenvalue weighted by molar-refractivity contribution is -0.176. The highest BCUT2D eigenvalue weighted by atomic mass is 35.5. The predicted octanol–water partition coefficient (Wildman–Crippen LogP) is 4.83. The number of carbonyl (C=O) groups excluding carboxylic acids is 1. The number of rotatable bonds is 4. The van der Waals surface area contributed by atoms with E-state index in [9.17, 15) is 18.0 Å². The van der Waals surface area contributed by atoms with Gasteiger partial charge in [-0.2, -0.15) is 13.2 Å². The number of likely N-dealkylation sites (tertiary alicyclic amines) is 1. The van der Waals surface area contributed by atoms with Gasteiger partial charge in [-0.1, -0.05) is 47.5 Å². The molecule has 1 aliphatic rings. The Morgan fingerprint density at radius 3 is 1.85 bits per heavy atom. The van der Waals surface area contributed by atoms with E-state index in [1.807, 2.05) is 29.2 Å². The summed E-state index contributed by atoms with van der Waals surface area (Å²) in [5.74, 6) is -1.91. The Labute approximate surface area is 165 Å². The van der Waals surface area contributed by atoms with E-state index in [0.29, 0.717) is 16.6 Å². The SMILES string of the molecule is CC1C(NC(=O)C(F)(F)F)CN1C(c1ccc(Cl)cc1)c1ccc(Cl)cc1. The molecule has 3 nitrogen and oxygen atoms in total. The van der Waals surface area contributed by atoms with Crippen LogP contribution >= 0.6 is 23.2 Å². The van der Waals surface area contributed by atoms with Gasteiger partial charge in [0.15, 0.2) is 0 Å². The van der Waals surface area contributed by atoms with Crippen LogP contribution in [0, 0.1) is 0 Å². The highest BCUT2D eigenvalue weighted by molar-refractivity contribution is 6.30. The molecule has 2 aromatic carbocycles. The van der Waals surface area contributed by atoms with Crippen molar-refractivity contribution >= 4 is 29.1 Å². The number of hydrogen-bond donors (Lipinski definition) is 1. The smallest absolute Gasteiger partial charge is 0.343 e. The summed E-state index contributed by atoms with van der Waals surface area (Å²) < 4.78 is 37.5. The number of halogens is 5. The monoisotopic (exact) mass is 416 g/mol. The number of nitrogens with zero attached hydrogens (tertiary/aromatic N) is 1. The Kier molecular flexibility index (Phi) is 5.70. The minimum Gasteiger partial charge on any atom is -0.343 e. The fraction of sp³-hybridized carbons (Fsp3) is 0.316. The molecule has 2 unspecified atom stereocenters. The van der Waals surface area contributed by atoms with E-state index in [1.54, 1.807) is 31.2 Å². The molecular weight excluding hydrogens is 400 g/mol. The molecule has 27 heavy (non-hydrogen) atoms. The molecule has 1 aliphatic heterocycles. The Bertz CT molecular complexity index is 764. The lowest BCUT2D eigenvalue weighted by Crippen LogP contribution is -2.67. The first-order valence-corrected chi connectivity index (χ1v) is 9.07. The maximum absolute atomic E-state index is 12.5. The number of amides is 1. The number of benzene rings is 2. The second-order valence-electron chi connectivity index (χ2n) is 6.52. The molecule has 8 heteroatoms. The minimum atomic E-state index is -4.88. The van der Waals surface area contributed by atoms with Crippen LogP contribution in [-0.2, 0) is 4.79 Å². The fourth-order valence-electron chi connectivity index (χ4n) is 3.26. The maximum atomic E-state index is 12.5. The van der Waals surface area contributed by atoms with Gasteiger partial charge in [0, 0.05) is 22.6 Å². The first kappa shape index (κ1) is 20.0. The van der Waals surface area contributed by atoms with Gasteiger partial charge in [0.25, 0.3) is 0 Å². The summed E-state index contributed by atoms with van der Waals surface area (Å²) in [6.07, 6.45) is -4.88. The summed E-state index contributed by atoms with van der Waals surface area (Å²) >= 11 is 12.0. The third-order valence-corrected chi connectivity index (χ3v) is 5.29. The van der Waals surface area contributed by atoms with Gasteiger partial charge in [0.2, 0.25) is 0 Å². The Morgan fingerprint density at radius 1 is 1.04 bits per heavy atom. The molecule has 0 aromatic heterocycles. The molecule has 144 valence electrons. The van der Waals surface area contributed by atoms with Gasteiger partial charge < -0.3 is 5.32 Å². The van der Waals surface area contributed by atoms with E-state index in [0.717, 1.165) is 11.1 Å². The maximum Gasteiger partial charge on any atom is 0.471 e. The standard InChI is InChI=1S/C19H17Cl2F3N2O/c1-11-16(25-18(27)19(22,23)24)10-26(11)17(12-2-6-14(20)7-3-12)13-4-8-15(21)9-5-13/h2-9,11,16-17H,10H2,1H3,(H,25,27). The Morgan fingerprint density at radius 2 is 1.48 bits per heavy atom. The van der Waals surface area contributed by atoms with E-state index in [2.05, 4.69) is 5.32 Å². The molecule has 2 atom stereocenters. The van der Waals surface area contributed by atoms with Gasteiger partial charge >= 0.3 is 12.1 Å². The van der Waals surface area contributed by atoms with Crippen molar-refractivity contribution < 1.29 is 18.0 Å². The van der Waals surface area contributed by atoms with Gasteiger partial charge in [-0.25, -0.2) is 0 Å². The topological polar surface area (TPSA) is 32.3 Å². The van der Waals surface area contributed by atoms with Crippen LogP contribution in [0.15, 0.2) is 48.5 Å². The second kappa shape index (κ2) is 7.70. The highest BCUT2D eigenvalue weighted by Gasteiger charge is 2.46. The molecule has 3 rings (SSSR count). The number of alkyl halides is 3. The van der Waals surface area contributed by atoms with Crippen molar-refractivity contribution in [1.29, 1.82) is 0 Å². The van der Waals surface area contributed by atoms with Crippen LogP contribution in [0.4, 0.5) is 13.2 Å². The van der Waals surface area contributed by atoms with Crippen molar-refractivity contribution in [2.24, 2.45) is 0 Å². The molecule has 2 aromatic rings. The number of carbonyl (C=O) groups is 1. The van der Waals surface area contributed by atoms with Gasteiger partial charge in [-0.15, -0.1) is 0 Å². The summed E-state index contributed by atoms with van der Waals surface area (Å²) in [5, 5.41) is 3.26. The van der Waals surface area contributed by atoms with Crippen LogP contribution in [0.25, 0.3) is 0 Å².